The van der Waals surface area contributed by atoms with Crippen LogP contribution >= 0.6 is 23.9 Å². The van der Waals surface area contributed by atoms with E-state index in [4.69, 9.17) is 4.74 Å². The van der Waals surface area contributed by atoms with E-state index in [1.54, 1.807) is 7.11 Å². The maximum atomic E-state index is 5.19. The van der Waals surface area contributed by atoms with Crippen molar-refractivity contribution in [2.24, 2.45) is 0 Å². The first-order valence-electron chi connectivity index (χ1n) is 6.03. The molecule has 1 aromatic heterocycles. The Labute approximate surface area is 128 Å². The van der Waals surface area contributed by atoms with E-state index >= 15 is 0 Å². The van der Waals surface area contributed by atoms with Gasteiger partial charge in [-0.25, -0.2) is 0 Å². The first-order valence-corrected chi connectivity index (χ1v) is 6.80. The van der Waals surface area contributed by atoms with Crippen molar-refractivity contribution in [3.05, 3.63) is 60.8 Å². The van der Waals surface area contributed by atoms with Gasteiger partial charge in [0.1, 0.15) is 5.75 Å². The summed E-state index contributed by atoms with van der Waals surface area (Å²) < 4.78 is 9.52. The lowest BCUT2D eigenvalue weighted by Gasteiger charge is -2.04. The molecule has 0 saturated carbocycles. The van der Waals surface area contributed by atoms with Gasteiger partial charge in [-0.05, 0) is 46.9 Å². The molecule has 3 aromatic rings. The fourth-order valence-corrected chi connectivity index (χ4v) is 2.79. The lowest BCUT2D eigenvalue weighted by atomic mass is 10.0. The van der Waals surface area contributed by atoms with E-state index in [1.807, 2.05) is 36.5 Å². The largest absolute Gasteiger partial charge is 0.497 e. The third-order valence-electron chi connectivity index (χ3n) is 3.01. The number of halogens is 1. The zero-order valence-electron chi connectivity index (χ0n) is 10.9. The number of benzene rings is 2. The topological polar surface area (TPSA) is 22.1 Å². The van der Waals surface area contributed by atoms with Crippen LogP contribution < -0.4 is 4.74 Å². The van der Waals surface area contributed by atoms with Crippen LogP contribution in [-0.4, -0.2) is 11.5 Å². The van der Waals surface area contributed by atoms with Gasteiger partial charge in [-0.3, -0.25) is 0 Å². The Bertz CT molecular complexity index is 664. The second kappa shape index (κ2) is 6.55. The summed E-state index contributed by atoms with van der Waals surface area (Å²) in [5, 5.41) is 0. The lowest BCUT2D eigenvalue weighted by molar-refractivity contribution is 0.415. The van der Waals surface area contributed by atoms with E-state index in [1.165, 1.54) is 33.1 Å². The van der Waals surface area contributed by atoms with Crippen molar-refractivity contribution in [3.8, 4) is 27.3 Å². The van der Waals surface area contributed by atoms with Crippen LogP contribution in [0.1, 0.15) is 0 Å². The van der Waals surface area contributed by atoms with Crippen molar-refractivity contribution < 1.29 is 4.74 Å². The van der Waals surface area contributed by atoms with Gasteiger partial charge in [0, 0.05) is 11.8 Å². The molecule has 102 valence electrons. The average Bonchev–Trinajstić information content (AvgIpc) is 2.98. The average molecular weight is 304 g/mol. The molecule has 2 aromatic carbocycles. The van der Waals surface area contributed by atoms with Gasteiger partial charge in [0.2, 0.25) is 0 Å². The molecule has 0 atom stereocenters. The van der Waals surface area contributed by atoms with E-state index in [0.29, 0.717) is 0 Å². The third-order valence-corrected chi connectivity index (χ3v) is 3.86. The van der Waals surface area contributed by atoms with Crippen molar-refractivity contribution in [3.63, 3.8) is 0 Å². The molecule has 0 aliphatic heterocycles. The molecule has 0 radical (unpaired) electrons. The van der Waals surface area contributed by atoms with Crippen molar-refractivity contribution in [2.45, 2.75) is 0 Å². The first kappa shape index (κ1) is 14.6. The summed E-state index contributed by atoms with van der Waals surface area (Å²) >= 11 is 1.52. The molecule has 0 unspecified atom stereocenters. The Morgan fingerprint density at radius 3 is 2.25 bits per heavy atom. The highest BCUT2D eigenvalue weighted by Gasteiger charge is 2.10. The van der Waals surface area contributed by atoms with E-state index in [9.17, 15) is 0 Å². The Balaban J connectivity index is 0.00000147. The molecule has 0 amide bonds. The second-order valence-electron chi connectivity index (χ2n) is 4.16. The van der Waals surface area contributed by atoms with Crippen LogP contribution in [0.15, 0.2) is 60.8 Å². The summed E-state index contributed by atoms with van der Waals surface area (Å²) in [6, 6.07) is 18.4. The molecule has 0 fully saturated rings. The third kappa shape index (κ3) is 2.84. The van der Waals surface area contributed by atoms with E-state index in [0.717, 1.165) is 5.75 Å². The fraction of sp³-hybridized carbons (Fsp3) is 0.0625. The first-order chi connectivity index (χ1) is 9.38. The van der Waals surface area contributed by atoms with Crippen molar-refractivity contribution >= 4 is 23.9 Å². The number of methoxy groups -OCH3 is 1. The number of nitrogens with zero attached hydrogens (tertiary/aromatic N) is 1. The number of ether oxygens (including phenoxy) is 1. The normalized spacial score (nSPS) is 9.85. The van der Waals surface area contributed by atoms with Crippen LogP contribution in [0, 0.1) is 0 Å². The highest BCUT2D eigenvalue weighted by atomic mass is 35.5. The zero-order valence-corrected chi connectivity index (χ0v) is 12.6. The SMILES string of the molecule is COc1ccc(-c2sncc2-c2ccccc2)cc1.Cl. The fourth-order valence-electron chi connectivity index (χ4n) is 2.01. The maximum Gasteiger partial charge on any atom is 0.118 e. The predicted octanol–water partition coefficient (Wildman–Crippen LogP) is 4.91. The Morgan fingerprint density at radius 1 is 0.900 bits per heavy atom. The molecule has 0 aliphatic carbocycles. The molecule has 0 bridgehead atoms. The Morgan fingerprint density at radius 2 is 1.60 bits per heavy atom. The molecule has 2 nitrogen and oxygen atoms in total. The molecule has 0 aliphatic rings. The molecule has 1 heterocycles. The lowest BCUT2D eigenvalue weighted by Crippen LogP contribution is -1.82. The van der Waals surface area contributed by atoms with Gasteiger partial charge in [0.15, 0.2) is 0 Å². The smallest absolute Gasteiger partial charge is 0.118 e. The summed E-state index contributed by atoms with van der Waals surface area (Å²) in [5.74, 6) is 0.870. The molecule has 0 saturated heterocycles. The van der Waals surface area contributed by atoms with Gasteiger partial charge in [-0.2, -0.15) is 4.37 Å². The van der Waals surface area contributed by atoms with Gasteiger partial charge in [0.25, 0.3) is 0 Å². The van der Waals surface area contributed by atoms with Crippen LogP contribution in [0.2, 0.25) is 0 Å². The minimum Gasteiger partial charge on any atom is -0.497 e. The molecule has 4 heteroatoms. The van der Waals surface area contributed by atoms with Crippen LogP contribution in [0.4, 0.5) is 0 Å². The number of rotatable bonds is 3. The minimum absolute atomic E-state index is 0. The molecule has 0 N–H and O–H groups in total. The van der Waals surface area contributed by atoms with E-state index in [-0.39, 0.29) is 12.4 Å². The predicted molar refractivity (Wildman–Crippen MR) is 86.8 cm³/mol. The molecule has 20 heavy (non-hydrogen) atoms. The monoisotopic (exact) mass is 303 g/mol. The van der Waals surface area contributed by atoms with Crippen molar-refractivity contribution in [2.75, 3.05) is 7.11 Å². The molecular weight excluding hydrogens is 290 g/mol. The number of hydrogen-bond acceptors (Lipinski definition) is 3. The van der Waals surface area contributed by atoms with Crippen LogP contribution in [0.25, 0.3) is 21.6 Å². The summed E-state index contributed by atoms with van der Waals surface area (Å²) in [5.41, 5.74) is 3.54. The highest BCUT2D eigenvalue weighted by molar-refractivity contribution is 7.10. The Kier molecular flexibility index (Phi) is 4.77. The molecular formula is C16H14ClNOS. The summed E-state index contributed by atoms with van der Waals surface area (Å²) in [6.07, 6.45) is 1.93. The summed E-state index contributed by atoms with van der Waals surface area (Å²) in [7, 11) is 1.68. The number of aromatic nitrogens is 1. The van der Waals surface area contributed by atoms with Gasteiger partial charge in [-0.15, -0.1) is 12.4 Å². The van der Waals surface area contributed by atoms with Crippen molar-refractivity contribution in [1.82, 2.24) is 4.37 Å². The van der Waals surface area contributed by atoms with E-state index < -0.39 is 0 Å². The second-order valence-corrected chi connectivity index (χ2v) is 4.96. The summed E-state index contributed by atoms with van der Waals surface area (Å²) in [6.45, 7) is 0. The molecule has 0 spiro atoms. The highest BCUT2D eigenvalue weighted by Crippen LogP contribution is 2.35. The van der Waals surface area contributed by atoms with Gasteiger partial charge >= 0.3 is 0 Å². The maximum absolute atomic E-state index is 5.19. The van der Waals surface area contributed by atoms with Crippen molar-refractivity contribution in [1.29, 1.82) is 0 Å². The van der Waals surface area contributed by atoms with Gasteiger partial charge < -0.3 is 4.74 Å². The van der Waals surface area contributed by atoms with Crippen LogP contribution in [0.5, 0.6) is 5.75 Å². The Hall–Kier alpha value is -1.84. The standard InChI is InChI=1S/C16H13NOS.ClH/c1-18-14-9-7-13(8-10-14)16-15(11-17-19-16)12-5-3-2-4-6-12;/h2-11H,1H3;1H. The van der Waals surface area contributed by atoms with E-state index in [2.05, 4.69) is 28.6 Å². The molecule has 3 rings (SSSR count). The van der Waals surface area contributed by atoms with Gasteiger partial charge in [0.05, 0.1) is 12.0 Å². The zero-order chi connectivity index (χ0) is 13.1. The van der Waals surface area contributed by atoms with Crippen LogP contribution in [-0.2, 0) is 0 Å². The minimum atomic E-state index is 0. The van der Waals surface area contributed by atoms with Crippen LogP contribution in [0.3, 0.4) is 0 Å². The summed E-state index contributed by atoms with van der Waals surface area (Å²) in [4.78, 5) is 1.19. The quantitative estimate of drug-likeness (QED) is 0.686. The number of hydrogen-bond donors (Lipinski definition) is 0. The van der Waals surface area contributed by atoms with Gasteiger partial charge in [-0.1, -0.05) is 30.3 Å².